The lowest BCUT2D eigenvalue weighted by molar-refractivity contribution is -0.124. The quantitative estimate of drug-likeness (QED) is 0.909. The average Bonchev–Trinajstić information content (AvgIpc) is 3.09. The third-order valence-corrected chi connectivity index (χ3v) is 5.44. The summed E-state index contributed by atoms with van der Waals surface area (Å²) in [5, 5.41) is 5.23. The summed E-state index contributed by atoms with van der Waals surface area (Å²) < 4.78 is 0. The number of rotatable bonds is 5. The van der Waals surface area contributed by atoms with Crippen molar-refractivity contribution < 1.29 is 4.79 Å². The van der Waals surface area contributed by atoms with E-state index in [1.807, 2.05) is 13.8 Å². The molecule has 0 spiro atoms. The minimum absolute atomic E-state index is 0.0288. The van der Waals surface area contributed by atoms with Crippen molar-refractivity contribution in [3.05, 3.63) is 57.8 Å². The van der Waals surface area contributed by atoms with Gasteiger partial charge in [0, 0.05) is 30.4 Å². The highest BCUT2D eigenvalue weighted by atomic mass is 32.1. The molecule has 0 aliphatic carbocycles. The molecule has 122 valence electrons. The van der Waals surface area contributed by atoms with Crippen LogP contribution in [-0.2, 0) is 17.8 Å². The van der Waals surface area contributed by atoms with Crippen LogP contribution >= 0.6 is 11.3 Å². The summed E-state index contributed by atoms with van der Waals surface area (Å²) in [5.74, 6) is 0.157. The van der Waals surface area contributed by atoms with Crippen LogP contribution in [0.15, 0.2) is 41.8 Å². The van der Waals surface area contributed by atoms with Crippen LogP contribution in [0.2, 0.25) is 0 Å². The standard InChI is InChI=1S/C19H24N2OS/c1-14(2)19(22)20-12-17(18-8-5-11-23-18)21-10-9-15-6-3-4-7-16(15)13-21/h3-8,11,14,17H,9-10,12-13H2,1-2H3,(H,20,22). The van der Waals surface area contributed by atoms with Crippen LogP contribution in [0, 0.1) is 5.92 Å². The molecular weight excluding hydrogens is 304 g/mol. The highest BCUT2D eigenvalue weighted by molar-refractivity contribution is 7.10. The lowest BCUT2D eigenvalue weighted by Gasteiger charge is -2.35. The minimum Gasteiger partial charge on any atom is -0.354 e. The fraction of sp³-hybridized carbons (Fsp3) is 0.421. The fourth-order valence-electron chi connectivity index (χ4n) is 3.08. The zero-order valence-electron chi connectivity index (χ0n) is 13.8. The van der Waals surface area contributed by atoms with E-state index < -0.39 is 0 Å². The van der Waals surface area contributed by atoms with Crippen LogP contribution in [0.5, 0.6) is 0 Å². The predicted octanol–water partition coefficient (Wildman–Crippen LogP) is 3.62. The molecule has 1 amide bonds. The van der Waals surface area contributed by atoms with Gasteiger partial charge in [0.25, 0.3) is 0 Å². The van der Waals surface area contributed by atoms with Gasteiger partial charge in [-0.3, -0.25) is 9.69 Å². The molecule has 0 fully saturated rings. The topological polar surface area (TPSA) is 32.3 Å². The Labute approximate surface area is 142 Å². The van der Waals surface area contributed by atoms with Gasteiger partial charge in [-0.2, -0.15) is 0 Å². The normalized spacial score (nSPS) is 16.1. The SMILES string of the molecule is CC(C)C(=O)NCC(c1cccs1)N1CCc2ccccc2C1. The largest absolute Gasteiger partial charge is 0.354 e. The highest BCUT2D eigenvalue weighted by Gasteiger charge is 2.26. The first-order valence-corrected chi connectivity index (χ1v) is 9.15. The molecule has 0 saturated heterocycles. The van der Waals surface area contributed by atoms with Gasteiger partial charge in [0.05, 0.1) is 6.04 Å². The van der Waals surface area contributed by atoms with Gasteiger partial charge >= 0.3 is 0 Å². The molecule has 1 aromatic carbocycles. The number of carbonyl (C=O) groups excluding carboxylic acids is 1. The Morgan fingerprint density at radius 2 is 2.00 bits per heavy atom. The Hall–Kier alpha value is -1.65. The third-order valence-electron chi connectivity index (χ3n) is 4.47. The summed E-state index contributed by atoms with van der Waals surface area (Å²) in [6.07, 6.45) is 1.08. The van der Waals surface area contributed by atoms with E-state index in [0.29, 0.717) is 6.54 Å². The molecule has 3 rings (SSSR count). The van der Waals surface area contributed by atoms with Crippen molar-refractivity contribution in [1.29, 1.82) is 0 Å². The zero-order valence-corrected chi connectivity index (χ0v) is 14.6. The number of hydrogen-bond donors (Lipinski definition) is 1. The summed E-state index contributed by atoms with van der Waals surface area (Å²) in [5.41, 5.74) is 2.87. The number of amides is 1. The number of carbonyl (C=O) groups is 1. The molecule has 0 bridgehead atoms. The van der Waals surface area contributed by atoms with Crippen LogP contribution in [0.4, 0.5) is 0 Å². The van der Waals surface area contributed by atoms with Crippen molar-refractivity contribution in [3.8, 4) is 0 Å². The summed E-state index contributed by atoms with van der Waals surface area (Å²) in [4.78, 5) is 15.8. The molecule has 23 heavy (non-hydrogen) atoms. The first-order valence-electron chi connectivity index (χ1n) is 8.27. The number of hydrogen-bond acceptors (Lipinski definition) is 3. The van der Waals surface area contributed by atoms with Crippen molar-refractivity contribution in [2.45, 2.75) is 32.9 Å². The third kappa shape index (κ3) is 3.82. The minimum atomic E-state index is 0.0288. The Balaban J connectivity index is 1.75. The van der Waals surface area contributed by atoms with E-state index in [-0.39, 0.29) is 17.9 Å². The molecule has 1 unspecified atom stereocenters. The van der Waals surface area contributed by atoms with E-state index in [0.717, 1.165) is 19.5 Å². The zero-order chi connectivity index (χ0) is 16.2. The second kappa shape index (κ2) is 7.28. The smallest absolute Gasteiger partial charge is 0.222 e. The van der Waals surface area contributed by atoms with E-state index in [4.69, 9.17) is 0 Å². The van der Waals surface area contributed by atoms with Crippen molar-refractivity contribution in [1.82, 2.24) is 10.2 Å². The van der Waals surface area contributed by atoms with Crippen LogP contribution in [0.25, 0.3) is 0 Å². The first-order chi connectivity index (χ1) is 11.1. The summed E-state index contributed by atoms with van der Waals surface area (Å²) in [6, 6.07) is 13.2. The number of thiophene rings is 1. The summed E-state index contributed by atoms with van der Waals surface area (Å²) >= 11 is 1.77. The maximum absolute atomic E-state index is 12.0. The Morgan fingerprint density at radius 3 is 2.70 bits per heavy atom. The first kappa shape index (κ1) is 16.2. The molecule has 1 aliphatic heterocycles. The van der Waals surface area contributed by atoms with Gasteiger partial charge in [0.15, 0.2) is 0 Å². The molecule has 2 aromatic rings. The molecule has 1 atom stereocenters. The highest BCUT2D eigenvalue weighted by Crippen LogP contribution is 2.30. The maximum atomic E-state index is 12.0. The number of benzene rings is 1. The molecule has 1 aliphatic rings. The Morgan fingerprint density at radius 1 is 1.22 bits per heavy atom. The molecule has 2 heterocycles. The van der Waals surface area contributed by atoms with Gasteiger partial charge < -0.3 is 5.32 Å². The maximum Gasteiger partial charge on any atom is 0.222 e. The van der Waals surface area contributed by atoms with E-state index in [1.54, 1.807) is 11.3 Å². The molecule has 4 heteroatoms. The Bertz CT molecular complexity index is 651. The van der Waals surface area contributed by atoms with E-state index in [1.165, 1.54) is 16.0 Å². The van der Waals surface area contributed by atoms with Gasteiger partial charge in [0.1, 0.15) is 0 Å². The van der Waals surface area contributed by atoms with Gasteiger partial charge in [-0.25, -0.2) is 0 Å². The number of nitrogens with one attached hydrogen (secondary N) is 1. The average molecular weight is 328 g/mol. The van der Waals surface area contributed by atoms with Crippen molar-refractivity contribution in [2.75, 3.05) is 13.1 Å². The van der Waals surface area contributed by atoms with Crippen LogP contribution < -0.4 is 5.32 Å². The predicted molar refractivity (Wildman–Crippen MR) is 95.5 cm³/mol. The van der Waals surface area contributed by atoms with E-state index in [9.17, 15) is 4.79 Å². The van der Waals surface area contributed by atoms with Crippen molar-refractivity contribution in [3.63, 3.8) is 0 Å². The monoisotopic (exact) mass is 328 g/mol. The molecule has 3 nitrogen and oxygen atoms in total. The van der Waals surface area contributed by atoms with Crippen molar-refractivity contribution >= 4 is 17.2 Å². The summed E-state index contributed by atoms with van der Waals surface area (Å²) in [6.45, 7) is 6.55. The molecule has 1 aromatic heterocycles. The lowest BCUT2D eigenvalue weighted by atomic mass is 9.98. The van der Waals surface area contributed by atoms with E-state index >= 15 is 0 Å². The number of nitrogens with zero attached hydrogens (tertiary/aromatic N) is 1. The molecule has 0 radical (unpaired) electrons. The van der Waals surface area contributed by atoms with Crippen molar-refractivity contribution in [2.24, 2.45) is 5.92 Å². The summed E-state index contributed by atoms with van der Waals surface area (Å²) in [7, 11) is 0. The van der Waals surface area contributed by atoms with Gasteiger partial charge in [-0.05, 0) is 29.0 Å². The lowest BCUT2D eigenvalue weighted by Crippen LogP contribution is -2.41. The van der Waals surface area contributed by atoms with E-state index in [2.05, 4.69) is 52.0 Å². The second-order valence-electron chi connectivity index (χ2n) is 6.42. The van der Waals surface area contributed by atoms with Gasteiger partial charge in [-0.1, -0.05) is 44.2 Å². The van der Waals surface area contributed by atoms with Crippen LogP contribution in [-0.4, -0.2) is 23.9 Å². The van der Waals surface area contributed by atoms with Crippen LogP contribution in [0.1, 0.15) is 35.9 Å². The van der Waals surface area contributed by atoms with Crippen LogP contribution in [0.3, 0.4) is 0 Å². The molecule has 1 N–H and O–H groups in total. The van der Waals surface area contributed by atoms with Gasteiger partial charge in [-0.15, -0.1) is 11.3 Å². The Kier molecular flexibility index (Phi) is 5.13. The fourth-order valence-corrected chi connectivity index (χ4v) is 3.94. The second-order valence-corrected chi connectivity index (χ2v) is 7.40. The molecule has 0 saturated carbocycles. The number of fused-ring (bicyclic) bond motifs is 1. The van der Waals surface area contributed by atoms with Gasteiger partial charge in [0.2, 0.25) is 5.91 Å². The molecular formula is C19H24N2OS.